The number of rotatable bonds is 3. The van der Waals surface area contributed by atoms with Crippen molar-refractivity contribution in [3.05, 3.63) is 29.6 Å². The molecule has 0 fully saturated rings. The number of hydrogen-bond acceptors (Lipinski definition) is 5. The van der Waals surface area contributed by atoms with Crippen molar-refractivity contribution >= 4 is 17.0 Å². The average Bonchev–Trinajstić information content (AvgIpc) is 2.98. The highest BCUT2D eigenvalue weighted by atomic mass is 32.2. The van der Waals surface area contributed by atoms with Crippen LogP contribution in [0.2, 0.25) is 0 Å². The summed E-state index contributed by atoms with van der Waals surface area (Å²) in [5.41, 5.74) is 2.55. The predicted molar refractivity (Wildman–Crippen MR) is 75.3 cm³/mol. The van der Waals surface area contributed by atoms with Crippen molar-refractivity contribution in [1.29, 1.82) is 0 Å². The smallest absolute Gasteiger partial charge is 0.231 e. The maximum Gasteiger partial charge on any atom is 0.231 e. The third-order valence-corrected chi connectivity index (χ3v) is 4.33. The molecule has 1 aromatic heterocycles. The second kappa shape index (κ2) is 4.92. The van der Waals surface area contributed by atoms with Crippen LogP contribution in [0.3, 0.4) is 0 Å². The minimum Gasteiger partial charge on any atom is -0.588 e. The molecule has 1 aromatic carbocycles. The van der Waals surface area contributed by atoms with Gasteiger partial charge in [0.15, 0.2) is 16.4 Å². The summed E-state index contributed by atoms with van der Waals surface area (Å²) in [6, 6.07) is 5.25. The van der Waals surface area contributed by atoms with Gasteiger partial charge in [0.1, 0.15) is 17.0 Å². The van der Waals surface area contributed by atoms with Gasteiger partial charge in [-0.3, -0.25) is 4.68 Å². The Morgan fingerprint density at radius 3 is 2.75 bits per heavy atom. The van der Waals surface area contributed by atoms with E-state index < -0.39 is 11.4 Å². The number of fused-ring (bicyclic) bond motifs is 1. The molecule has 2 aromatic rings. The van der Waals surface area contributed by atoms with Crippen molar-refractivity contribution in [3.63, 3.8) is 0 Å². The monoisotopic (exact) mass is 293 g/mol. The fraction of sp³-hybridized carbons (Fsp3) is 0.308. The van der Waals surface area contributed by atoms with Crippen molar-refractivity contribution in [2.45, 2.75) is 18.7 Å². The lowest BCUT2D eigenvalue weighted by Crippen LogP contribution is -2.14. The van der Waals surface area contributed by atoms with Crippen molar-refractivity contribution in [2.75, 3.05) is 11.5 Å². The van der Waals surface area contributed by atoms with E-state index in [0.717, 1.165) is 17.1 Å². The maximum atomic E-state index is 12.4. The molecular formula is C13H15N3O3S. The molecule has 0 saturated carbocycles. The first-order valence-electron chi connectivity index (χ1n) is 6.14. The summed E-state index contributed by atoms with van der Waals surface area (Å²) in [7, 11) is 1.86. The number of hydrogen-bond donors (Lipinski definition) is 1. The minimum absolute atomic E-state index is 0.208. The summed E-state index contributed by atoms with van der Waals surface area (Å²) >= 11 is -1.37. The fourth-order valence-corrected chi connectivity index (χ4v) is 3.07. The zero-order chi connectivity index (χ0) is 14.3. The molecule has 1 aliphatic rings. The molecule has 0 aliphatic carbocycles. The molecule has 0 spiro atoms. The maximum absolute atomic E-state index is 12.4. The lowest BCUT2D eigenvalue weighted by molar-refractivity contribution is 0.174. The van der Waals surface area contributed by atoms with E-state index in [1.807, 2.05) is 20.9 Å². The minimum atomic E-state index is -1.37. The third kappa shape index (κ3) is 2.19. The van der Waals surface area contributed by atoms with Crippen LogP contribution in [0.15, 0.2) is 23.1 Å². The summed E-state index contributed by atoms with van der Waals surface area (Å²) in [5.74, 6) is 1.30. The number of aryl methyl sites for hydroxylation is 2. The van der Waals surface area contributed by atoms with E-state index in [0.29, 0.717) is 16.4 Å². The molecule has 6 nitrogen and oxygen atoms in total. The molecular weight excluding hydrogens is 278 g/mol. The van der Waals surface area contributed by atoms with Crippen LogP contribution in [0.25, 0.3) is 0 Å². The average molecular weight is 293 g/mol. The highest BCUT2D eigenvalue weighted by molar-refractivity contribution is 7.92. The lowest BCUT2D eigenvalue weighted by atomic mass is 10.3. The van der Waals surface area contributed by atoms with E-state index in [4.69, 9.17) is 9.47 Å². The number of benzene rings is 1. The lowest BCUT2D eigenvalue weighted by Gasteiger charge is -2.12. The summed E-state index contributed by atoms with van der Waals surface area (Å²) in [6.07, 6.45) is 0. The fourth-order valence-electron chi connectivity index (χ4n) is 2.07. The van der Waals surface area contributed by atoms with E-state index in [2.05, 4.69) is 9.82 Å². The number of aromatic nitrogens is 2. The van der Waals surface area contributed by atoms with Gasteiger partial charge in [-0.25, -0.2) is 0 Å². The Morgan fingerprint density at radius 1 is 1.30 bits per heavy atom. The molecule has 1 N–H and O–H groups in total. The van der Waals surface area contributed by atoms with E-state index in [1.54, 1.807) is 22.9 Å². The van der Waals surface area contributed by atoms with Crippen LogP contribution in [-0.2, 0) is 18.4 Å². The predicted octanol–water partition coefficient (Wildman–Crippen LogP) is 1.90. The first kappa shape index (κ1) is 13.1. The summed E-state index contributed by atoms with van der Waals surface area (Å²) in [6.45, 7) is 4.02. The number of ether oxygens (including phenoxy) is 2. The summed E-state index contributed by atoms with van der Waals surface area (Å²) in [4.78, 5) is 0.636. The molecule has 0 bridgehead atoms. The molecule has 106 valence electrons. The van der Waals surface area contributed by atoms with Gasteiger partial charge in [-0.15, -0.1) is 0 Å². The van der Waals surface area contributed by atoms with Crippen LogP contribution in [0.1, 0.15) is 11.4 Å². The molecule has 1 unspecified atom stereocenters. The highest BCUT2D eigenvalue weighted by Gasteiger charge is 2.21. The molecule has 1 aliphatic heterocycles. The Hall–Kier alpha value is -1.86. The van der Waals surface area contributed by atoms with Crippen LogP contribution in [-0.4, -0.2) is 21.1 Å². The Labute approximate surface area is 120 Å². The van der Waals surface area contributed by atoms with Crippen molar-refractivity contribution in [1.82, 2.24) is 9.78 Å². The van der Waals surface area contributed by atoms with Crippen LogP contribution in [0, 0.1) is 13.8 Å². The van der Waals surface area contributed by atoms with E-state index in [1.165, 1.54) is 0 Å². The van der Waals surface area contributed by atoms with Crippen LogP contribution < -0.4 is 14.2 Å². The second-order valence-electron chi connectivity index (χ2n) is 4.56. The normalized spacial score (nSPS) is 14.4. The van der Waals surface area contributed by atoms with Gasteiger partial charge in [0.25, 0.3) is 0 Å². The SMILES string of the molecule is Cc1nn(C)c(C)c1N[S+]([O-])c1ccc2c(c1)OCO2. The van der Waals surface area contributed by atoms with Crippen LogP contribution in [0.5, 0.6) is 11.5 Å². The first-order chi connectivity index (χ1) is 9.56. The molecule has 0 radical (unpaired) electrons. The summed E-state index contributed by atoms with van der Waals surface area (Å²) in [5, 5.41) is 4.29. The van der Waals surface area contributed by atoms with E-state index >= 15 is 0 Å². The number of nitrogens with zero attached hydrogens (tertiary/aromatic N) is 2. The van der Waals surface area contributed by atoms with Gasteiger partial charge in [-0.05, 0) is 26.0 Å². The van der Waals surface area contributed by atoms with Crippen LogP contribution in [0.4, 0.5) is 5.69 Å². The Morgan fingerprint density at radius 2 is 2.05 bits per heavy atom. The van der Waals surface area contributed by atoms with Gasteiger partial charge < -0.3 is 14.0 Å². The van der Waals surface area contributed by atoms with Crippen molar-refractivity contribution in [2.24, 2.45) is 7.05 Å². The number of nitrogens with one attached hydrogen (secondary N) is 1. The van der Waals surface area contributed by atoms with Gasteiger partial charge in [-0.1, -0.05) is 0 Å². The largest absolute Gasteiger partial charge is 0.588 e. The zero-order valence-corrected chi connectivity index (χ0v) is 12.3. The number of anilines is 1. The molecule has 1 atom stereocenters. The van der Waals surface area contributed by atoms with Crippen molar-refractivity contribution < 1.29 is 14.0 Å². The standard InChI is InChI=1S/C13H15N3O3S/c1-8-13(9(2)16(3)14-8)15-20(17)10-4-5-11-12(6-10)19-7-18-11/h4-6,15H,7H2,1-3H3. The molecule has 7 heteroatoms. The van der Waals surface area contributed by atoms with Crippen LogP contribution >= 0.6 is 0 Å². The Bertz CT molecular complexity index is 657. The van der Waals surface area contributed by atoms with Gasteiger partial charge >= 0.3 is 0 Å². The molecule has 3 rings (SSSR count). The topological polar surface area (TPSA) is 71.4 Å². The second-order valence-corrected chi connectivity index (χ2v) is 5.77. The van der Waals surface area contributed by atoms with E-state index in [-0.39, 0.29) is 6.79 Å². The van der Waals surface area contributed by atoms with Gasteiger partial charge in [0, 0.05) is 13.1 Å². The molecule has 0 saturated heterocycles. The van der Waals surface area contributed by atoms with E-state index in [9.17, 15) is 4.55 Å². The van der Waals surface area contributed by atoms with Gasteiger partial charge in [0.2, 0.25) is 6.79 Å². The van der Waals surface area contributed by atoms with Gasteiger partial charge in [0.05, 0.1) is 11.4 Å². The first-order valence-corrected chi connectivity index (χ1v) is 7.29. The Kier molecular flexibility index (Phi) is 3.23. The van der Waals surface area contributed by atoms with Gasteiger partial charge in [-0.2, -0.15) is 9.82 Å². The van der Waals surface area contributed by atoms with Crippen molar-refractivity contribution in [3.8, 4) is 11.5 Å². The quantitative estimate of drug-likeness (QED) is 0.875. The highest BCUT2D eigenvalue weighted by Crippen LogP contribution is 2.34. The summed E-state index contributed by atoms with van der Waals surface area (Å²) < 4.78 is 27.7. The zero-order valence-electron chi connectivity index (χ0n) is 11.5. The molecule has 0 amide bonds. The Balaban J connectivity index is 1.84. The molecule has 20 heavy (non-hydrogen) atoms. The third-order valence-electron chi connectivity index (χ3n) is 3.26. The molecule has 2 heterocycles.